The fourth-order valence-electron chi connectivity index (χ4n) is 2.81. The second-order valence-corrected chi connectivity index (χ2v) is 6.37. The highest BCUT2D eigenvalue weighted by molar-refractivity contribution is 6.05. The zero-order chi connectivity index (χ0) is 19.9. The van der Waals surface area contributed by atoms with Gasteiger partial charge in [-0.25, -0.2) is 8.78 Å². The van der Waals surface area contributed by atoms with Crippen LogP contribution in [0.5, 0.6) is 0 Å². The third-order valence-corrected chi connectivity index (χ3v) is 4.41. The van der Waals surface area contributed by atoms with E-state index >= 15 is 0 Å². The van der Waals surface area contributed by atoms with Crippen LogP contribution in [0.4, 0.5) is 14.5 Å². The summed E-state index contributed by atoms with van der Waals surface area (Å²) >= 11 is 0. The molecule has 3 rings (SSSR count). The maximum Gasteiger partial charge on any atom is 0.255 e. The molecule has 0 atom stereocenters. The molecule has 0 unspecified atom stereocenters. The average molecular weight is 389 g/mol. The summed E-state index contributed by atoms with van der Waals surface area (Å²) in [5, 5.41) is 5.22. The lowest BCUT2D eigenvalue weighted by atomic mass is 10.1. The van der Waals surface area contributed by atoms with E-state index in [4.69, 9.17) is 4.74 Å². The molecule has 1 aliphatic heterocycles. The van der Waals surface area contributed by atoms with Crippen molar-refractivity contribution in [3.05, 3.63) is 65.2 Å². The Bertz CT molecular complexity index is 837. The van der Waals surface area contributed by atoms with Crippen molar-refractivity contribution < 1.29 is 23.1 Å². The van der Waals surface area contributed by atoms with Crippen LogP contribution in [0, 0.1) is 11.6 Å². The van der Waals surface area contributed by atoms with Crippen molar-refractivity contribution in [3.8, 4) is 0 Å². The van der Waals surface area contributed by atoms with E-state index in [0.717, 1.165) is 31.8 Å². The first kappa shape index (κ1) is 19.9. The molecule has 2 aromatic rings. The molecule has 0 bridgehead atoms. The van der Waals surface area contributed by atoms with Crippen LogP contribution in [0.1, 0.15) is 20.7 Å². The Morgan fingerprint density at radius 1 is 0.964 bits per heavy atom. The van der Waals surface area contributed by atoms with Crippen LogP contribution in [0.15, 0.2) is 42.5 Å². The largest absolute Gasteiger partial charge is 0.379 e. The SMILES string of the molecule is O=C(NCCN1CCOCC1)c1ccc(C(=O)Nc2ccc(F)cc2F)cc1. The fraction of sp³-hybridized carbons (Fsp3) is 0.300. The Morgan fingerprint density at radius 3 is 2.25 bits per heavy atom. The van der Waals surface area contributed by atoms with Gasteiger partial charge in [-0.3, -0.25) is 14.5 Å². The highest BCUT2D eigenvalue weighted by atomic mass is 19.1. The zero-order valence-corrected chi connectivity index (χ0v) is 15.2. The van der Waals surface area contributed by atoms with E-state index in [1.54, 1.807) is 0 Å². The van der Waals surface area contributed by atoms with Crippen molar-refractivity contribution in [1.82, 2.24) is 10.2 Å². The summed E-state index contributed by atoms with van der Waals surface area (Å²) < 4.78 is 31.8. The smallest absolute Gasteiger partial charge is 0.255 e. The number of morpholine rings is 1. The first-order valence-electron chi connectivity index (χ1n) is 8.98. The minimum absolute atomic E-state index is 0.115. The number of benzene rings is 2. The lowest BCUT2D eigenvalue weighted by Gasteiger charge is -2.26. The lowest BCUT2D eigenvalue weighted by molar-refractivity contribution is 0.0383. The molecular weight excluding hydrogens is 368 g/mol. The molecule has 0 saturated carbocycles. The molecule has 1 saturated heterocycles. The summed E-state index contributed by atoms with van der Waals surface area (Å²) in [6, 6.07) is 8.92. The number of hydrogen-bond acceptors (Lipinski definition) is 4. The molecule has 2 N–H and O–H groups in total. The lowest BCUT2D eigenvalue weighted by Crippen LogP contribution is -2.41. The van der Waals surface area contributed by atoms with E-state index in [-0.39, 0.29) is 17.2 Å². The van der Waals surface area contributed by atoms with Crippen LogP contribution in [-0.2, 0) is 4.74 Å². The number of nitrogens with zero attached hydrogens (tertiary/aromatic N) is 1. The van der Waals surface area contributed by atoms with Crippen molar-refractivity contribution in [3.63, 3.8) is 0 Å². The molecule has 2 amide bonds. The molecule has 0 radical (unpaired) electrons. The first-order chi connectivity index (χ1) is 13.5. The van der Waals surface area contributed by atoms with Gasteiger partial charge in [-0.15, -0.1) is 0 Å². The normalized spacial score (nSPS) is 14.5. The molecule has 1 fully saturated rings. The maximum absolute atomic E-state index is 13.6. The Morgan fingerprint density at radius 2 is 1.61 bits per heavy atom. The molecule has 0 spiro atoms. The van der Waals surface area contributed by atoms with Crippen molar-refractivity contribution in [2.24, 2.45) is 0 Å². The van der Waals surface area contributed by atoms with E-state index in [9.17, 15) is 18.4 Å². The summed E-state index contributed by atoms with van der Waals surface area (Å²) in [6.45, 7) is 4.39. The van der Waals surface area contributed by atoms with Crippen molar-refractivity contribution >= 4 is 17.5 Å². The third kappa shape index (κ3) is 5.34. The fourth-order valence-corrected chi connectivity index (χ4v) is 2.81. The van der Waals surface area contributed by atoms with Crippen molar-refractivity contribution in [2.45, 2.75) is 0 Å². The molecule has 148 valence electrons. The number of hydrogen-bond donors (Lipinski definition) is 2. The minimum Gasteiger partial charge on any atom is -0.379 e. The number of nitrogens with one attached hydrogen (secondary N) is 2. The number of rotatable bonds is 6. The van der Waals surface area contributed by atoms with Gasteiger partial charge in [0.2, 0.25) is 0 Å². The molecule has 0 aromatic heterocycles. The van der Waals surface area contributed by atoms with Gasteiger partial charge >= 0.3 is 0 Å². The van der Waals surface area contributed by atoms with E-state index in [0.29, 0.717) is 31.4 Å². The van der Waals surface area contributed by atoms with Crippen LogP contribution < -0.4 is 10.6 Å². The highest BCUT2D eigenvalue weighted by Gasteiger charge is 2.13. The molecular formula is C20H21F2N3O3. The van der Waals surface area contributed by atoms with Gasteiger partial charge in [-0.1, -0.05) is 0 Å². The van der Waals surface area contributed by atoms with Crippen LogP contribution in [-0.4, -0.2) is 56.1 Å². The Kier molecular flexibility index (Phi) is 6.67. The second-order valence-electron chi connectivity index (χ2n) is 6.37. The van der Waals surface area contributed by atoms with Gasteiger partial charge in [0.1, 0.15) is 11.6 Å². The maximum atomic E-state index is 13.6. The molecule has 1 aliphatic rings. The standard InChI is InChI=1S/C20H21F2N3O3/c21-16-5-6-18(17(22)13-16)24-20(27)15-3-1-14(2-4-15)19(26)23-7-8-25-9-11-28-12-10-25/h1-6,13H,7-12H2,(H,23,26)(H,24,27). The first-order valence-corrected chi connectivity index (χ1v) is 8.98. The van der Waals surface area contributed by atoms with E-state index in [1.807, 2.05) is 0 Å². The monoisotopic (exact) mass is 389 g/mol. The van der Waals surface area contributed by atoms with Gasteiger partial charge < -0.3 is 15.4 Å². The van der Waals surface area contributed by atoms with Gasteiger partial charge in [0.05, 0.1) is 18.9 Å². The number of anilines is 1. The summed E-state index contributed by atoms with van der Waals surface area (Å²) in [5.41, 5.74) is 0.566. The quantitative estimate of drug-likeness (QED) is 0.795. The predicted molar refractivity (Wildman–Crippen MR) is 100 cm³/mol. The summed E-state index contributed by atoms with van der Waals surface area (Å²) in [5.74, 6) is -2.36. The zero-order valence-electron chi connectivity index (χ0n) is 15.2. The Hall–Kier alpha value is -2.84. The van der Waals surface area contributed by atoms with Gasteiger partial charge in [-0.05, 0) is 36.4 Å². The van der Waals surface area contributed by atoms with Crippen LogP contribution in [0.2, 0.25) is 0 Å². The van der Waals surface area contributed by atoms with Crippen LogP contribution in [0.25, 0.3) is 0 Å². The second kappa shape index (κ2) is 9.38. The predicted octanol–water partition coefficient (Wildman–Crippen LogP) is 2.28. The highest BCUT2D eigenvalue weighted by Crippen LogP contribution is 2.16. The van der Waals surface area contributed by atoms with Crippen molar-refractivity contribution in [2.75, 3.05) is 44.7 Å². The summed E-state index contributed by atoms with van der Waals surface area (Å²) in [6.07, 6.45) is 0. The molecule has 6 nitrogen and oxygen atoms in total. The summed E-state index contributed by atoms with van der Waals surface area (Å²) in [7, 11) is 0. The Labute approximate surface area is 161 Å². The average Bonchev–Trinajstić information content (AvgIpc) is 2.71. The number of ether oxygens (including phenoxy) is 1. The van der Waals surface area contributed by atoms with Gasteiger partial charge in [0.15, 0.2) is 0 Å². The molecule has 2 aromatic carbocycles. The number of halogens is 2. The topological polar surface area (TPSA) is 70.7 Å². The molecule has 0 aliphatic carbocycles. The number of carbonyl (C=O) groups excluding carboxylic acids is 2. The van der Waals surface area contributed by atoms with E-state index in [1.165, 1.54) is 24.3 Å². The summed E-state index contributed by atoms with van der Waals surface area (Å²) in [4.78, 5) is 26.6. The molecule has 1 heterocycles. The third-order valence-electron chi connectivity index (χ3n) is 4.41. The van der Waals surface area contributed by atoms with Gasteiger partial charge in [-0.2, -0.15) is 0 Å². The van der Waals surface area contributed by atoms with E-state index < -0.39 is 17.5 Å². The Balaban J connectivity index is 1.51. The van der Waals surface area contributed by atoms with Gasteiger partial charge in [0.25, 0.3) is 11.8 Å². The van der Waals surface area contributed by atoms with Crippen LogP contribution in [0.3, 0.4) is 0 Å². The van der Waals surface area contributed by atoms with Gasteiger partial charge in [0, 0.05) is 43.4 Å². The van der Waals surface area contributed by atoms with E-state index in [2.05, 4.69) is 15.5 Å². The van der Waals surface area contributed by atoms with Crippen molar-refractivity contribution in [1.29, 1.82) is 0 Å². The molecule has 28 heavy (non-hydrogen) atoms. The number of carbonyl (C=O) groups is 2. The number of amides is 2. The van der Waals surface area contributed by atoms with Crippen LogP contribution >= 0.6 is 0 Å². The molecule has 8 heteroatoms. The minimum atomic E-state index is -0.857.